The molecule has 2 atom stereocenters. The van der Waals surface area contributed by atoms with Crippen molar-refractivity contribution in [1.29, 1.82) is 0 Å². The third-order valence-electron chi connectivity index (χ3n) is 5.76. The SMILES string of the molecule is CC(NC(=O)CN1CCC(N(C)Cc2noc(C3CC3)n2)C1)C1CC1. The van der Waals surface area contributed by atoms with Crippen molar-refractivity contribution in [3.05, 3.63) is 11.7 Å². The molecule has 2 heterocycles. The summed E-state index contributed by atoms with van der Waals surface area (Å²) in [5.74, 6) is 2.95. The molecular formula is C18H29N5O2. The highest BCUT2D eigenvalue weighted by Crippen LogP contribution is 2.38. The summed E-state index contributed by atoms with van der Waals surface area (Å²) in [7, 11) is 2.11. The summed E-state index contributed by atoms with van der Waals surface area (Å²) in [4.78, 5) is 21.2. The van der Waals surface area contributed by atoms with E-state index in [0.29, 0.717) is 37.0 Å². The highest BCUT2D eigenvalue weighted by molar-refractivity contribution is 5.78. The van der Waals surface area contributed by atoms with Gasteiger partial charge in [0.2, 0.25) is 11.8 Å². The third kappa shape index (κ3) is 4.39. The summed E-state index contributed by atoms with van der Waals surface area (Å²) in [5.41, 5.74) is 0. The van der Waals surface area contributed by atoms with Gasteiger partial charge in [-0.15, -0.1) is 0 Å². The molecule has 0 spiro atoms. The van der Waals surface area contributed by atoms with Gasteiger partial charge in [0.1, 0.15) is 0 Å². The fraction of sp³-hybridized carbons (Fsp3) is 0.833. The zero-order valence-corrected chi connectivity index (χ0v) is 15.3. The van der Waals surface area contributed by atoms with E-state index in [1.54, 1.807) is 0 Å². The molecule has 0 aromatic carbocycles. The van der Waals surface area contributed by atoms with E-state index in [-0.39, 0.29) is 5.91 Å². The van der Waals surface area contributed by atoms with Crippen LogP contribution in [0.2, 0.25) is 0 Å². The van der Waals surface area contributed by atoms with Gasteiger partial charge in [-0.05, 0) is 52.0 Å². The van der Waals surface area contributed by atoms with Crippen LogP contribution < -0.4 is 5.32 Å². The minimum Gasteiger partial charge on any atom is -0.352 e. The first kappa shape index (κ1) is 17.0. The van der Waals surface area contributed by atoms with E-state index < -0.39 is 0 Å². The largest absolute Gasteiger partial charge is 0.352 e. The minimum atomic E-state index is 0.162. The average Bonchev–Trinajstić information content (AvgIpc) is 3.50. The molecule has 3 fully saturated rings. The molecule has 7 nitrogen and oxygen atoms in total. The number of amides is 1. The topological polar surface area (TPSA) is 74.5 Å². The Labute approximate surface area is 149 Å². The van der Waals surface area contributed by atoms with E-state index in [1.165, 1.54) is 25.7 Å². The number of hydrogen-bond donors (Lipinski definition) is 1. The van der Waals surface area contributed by atoms with Crippen LogP contribution in [0.25, 0.3) is 0 Å². The summed E-state index contributed by atoms with van der Waals surface area (Å²) >= 11 is 0. The maximum atomic E-state index is 12.2. The first-order chi connectivity index (χ1) is 12.1. The number of aromatic nitrogens is 2. The molecule has 1 aromatic rings. The molecule has 3 aliphatic rings. The molecule has 1 amide bonds. The first-order valence-electron chi connectivity index (χ1n) is 9.63. The van der Waals surface area contributed by atoms with Crippen LogP contribution in [-0.2, 0) is 11.3 Å². The quantitative estimate of drug-likeness (QED) is 0.765. The highest BCUT2D eigenvalue weighted by Gasteiger charge is 2.32. The van der Waals surface area contributed by atoms with Gasteiger partial charge in [-0.25, -0.2) is 0 Å². The second-order valence-electron chi connectivity index (χ2n) is 8.11. The lowest BCUT2D eigenvalue weighted by atomic mass is 10.2. The molecule has 0 bridgehead atoms. The van der Waals surface area contributed by atoms with E-state index in [2.05, 4.69) is 39.2 Å². The van der Waals surface area contributed by atoms with E-state index in [4.69, 9.17) is 4.52 Å². The van der Waals surface area contributed by atoms with Gasteiger partial charge < -0.3 is 9.84 Å². The Hall–Kier alpha value is -1.47. The minimum absolute atomic E-state index is 0.162. The fourth-order valence-electron chi connectivity index (χ4n) is 3.71. The van der Waals surface area contributed by atoms with Crippen LogP contribution in [0.3, 0.4) is 0 Å². The standard InChI is InChI=1S/C18H29N5O2/c1-12(13-3-4-13)19-17(24)11-23-8-7-15(9-23)22(2)10-16-20-18(25-21-16)14-5-6-14/h12-15H,3-11H2,1-2H3,(H,19,24). The predicted octanol–water partition coefficient (Wildman–Crippen LogP) is 1.37. The number of nitrogens with zero attached hydrogens (tertiary/aromatic N) is 4. The van der Waals surface area contributed by atoms with Crippen LogP contribution >= 0.6 is 0 Å². The van der Waals surface area contributed by atoms with Gasteiger partial charge in [-0.3, -0.25) is 14.6 Å². The molecule has 1 saturated heterocycles. The van der Waals surface area contributed by atoms with Crippen LogP contribution in [-0.4, -0.2) is 64.6 Å². The van der Waals surface area contributed by atoms with Crippen LogP contribution in [0.5, 0.6) is 0 Å². The Morgan fingerprint density at radius 2 is 2.16 bits per heavy atom. The normalized spacial score (nSPS) is 25.5. The summed E-state index contributed by atoms with van der Waals surface area (Å²) in [6.07, 6.45) is 5.95. The monoisotopic (exact) mass is 347 g/mol. The number of likely N-dealkylation sites (N-methyl/N-ethyl adjacent to an activating group) is 1. The summed E-state index contributed by atoms with van der Waals surface area (Å²) < 4.78 is 5.34. The van der Waals surface area contributed by atoms with Crippen molar-refractivity contribution >= 4 is 5.91 Å². The molecule has 4 rings (SSSR count). The molecule has 1 N–H and O–H groups in total. The van der Waals surface area contributed by atoms with Gasteiger partial charge in [0.05, 0.1) is 13.1 Å². The van der Waals surface area contributed by atoms with Gasteiger partial charge in [0.15, 0.2) is 5.82 Å². The lowest BCUT2D eigenvalue weighted by Gasteiger charge is -2.23. The van der Waals surface area contributed by atoms with Crippen molar-refractivity contribution in [3.63, 3.8) is 0 Å². The number of rotatable bonds is 8. The van der Waals surface area contributed by atoms with Crippen molar-refractivity contribution in [1.82, 2.24) is 25.3 Å². The smallest absolute Gasteiger partial charge is 0.234 e. The first-order valence-corrected chi connectivity index (χ1v) is 9.63. The van der Waals surface area contributed by atoms with Crippen LogP contribution in [0.4, 0.5) is 0 Å². The molecule has 1 aliphatic heterocycles. The van der Waals surface area contributed by atoms with E-state index in [0.717, 1.165) is 31.2 Å². The molecule has 2 aliphatic carbocycles. The maximum absolute atomic E-state index is 12.2. The van der Waals surface area contributed by atoms with E-state index >= 15 is 0 Å². The summed E-state index contributed by atoms with van der Waals surface area (Å²) in [6, 6.07) is 0.768. The van der Waals surface area contributed by atoms with Crippen molar-refractivity contribution in [3.8, 4) is 0 Å². The molecule has 2 unspecified atom stereocenters. The van der Waals surface area contributed by atoms with Gasteiger partial charge in [-0.2, -0.15) is 4.98 Å². The van der Waals surface area contributed by atoms with E-state index in [1.807, 2.05) is 0 Å². The predicted molar refractivity (Wildman–Crippen MR) is 92.9 cm³/mol. The van der Waals surface area contributed by atoms with E-state index in [9.17, 15) is 4.79 Å². The Kier molecular flexibility index (Phi) is 4.78. The van der Waals surface area contributed by atoms with Crippen molar-refractivity contribution in [2.75, 3.05) is 26.7 Å². The van der Waals surface area contributed by atoms with Crippen molar-refractivity contribution in [2.24, 2.45) is 5.92 Å². The molecule has 25 heavy (non-hydrogen) atoms. The molecule has 1 aromatic heterocycles. The van der Waals surface area contributed by atoms with Gasteiger partial charge in [0.25, 0.3) is 0 Å². The fourth-order valence-corrected chi connectivity index (χ4v) is 3.71. The summed E-state index contributed by atoms with van der Waals surface area (Å²) in [5, 5.41) is 7.25. The van der Waals surface area contributed by atoms with Crippen molar-refractivity contribution in [2.45, 2.75) is 63.6 Å². The lowest BCUT2D eigenvalue weighted by Crippen LogP contribution is -2.42. The zero-order chi connectivity index (χ0) is 17.4. The Bertz CT molecular complexity index is 610. The molecule has 2 saturated carbocycles. The Morgan fingerprint density at radius 3 is 2.88 bits per heavy atom. The Morgan fingerprint density at radius 1 is 1.36 bits per heavy atom. The highest BCUT2D eigenvalue weighted by atomic mass is 16.5. The Balaban J connectivity index is 1.21. The van der Waals surface area contributed by atoms with Crippen molar-refractivity contribution < 1.29 is 9.32 Å². The summed E-state index contributed by atoms with van der Waals surface area (Å²) in [6.45, 7) is 5.24. The van der Waals surface area contributed by atoms with Gasteiger partial charge in [-0.1, -0.05) is 5.16 Å². The molecule has 138 valence electrons. The van der Waals surface area contributed by atoms with Gasteiger partial charge in [0, 0.05) is 31.1 Å². The molecular weight excluding hydrogens is 318 g/mol. The number of nitrogens with one attached hydrogen (secondary N) is 1. The number of hydrogen-bond acceptors (Lipinski definition) is 6. The van der Waals surface area contributed by atoms with Crippen LogP contribution in [0, 0.1) is 5.92 Å². The number of carbonyl (C=O) groups excluding carboxylic acids is 1. The van der Waals surface area contributed by atoms with Crippen LogP contribution in [0.1, 0.15) is 56.7 Å². The second kappa shape index (κ2) is 7.03. The second-order valence-corrected chi connectivity index (χ2v) is 8.11. The zero-order valence-electron chi connectivity index (χ0n) is 15.3. The number of carbonyl (C=O) groups is 1. The number of likely N-dealkylation sites (tertiary alicyclic amines) is 1. The maximum Gasteiger partial charge on any atom is 0.234 e. The molecule has 0 radical (unpaired) electrons. The third-order valence-corrected chi connectivity index (χ3v) is 5.76. The lowest BCUT2D eigenvalue weighted by molar-refractivity contribution is -0.122. The van der Waals surface area contributed by atoms with Gasteiger partial charge >= 0.3 is 0 Å². The van der Waals surface area contributed by atoms with Crippen LogP contribution in [0.15, 0.2) is 4.52 Å². The molecule has 7 heteroatoms. The average molecular weight is 347 g/mol.